The second-order valence-corrected chi connectivity index (χ2v) is 3.02. The van der Waals surface area contributed by atoms with E-state index in [9.17, 15) is 14.0 Å². The smallest absolute Gasteiger partial charge is 0.339 e. The Labute approximate surface area is 90.8 Å². The number of halogens is 1. The highest BCUT2D eigenvalue weighted by atomic mass is 19.1. The van der Waals surface area contributed by atoms with Crippen LogP contribution in [-0.2, 0) is 4.79 Å². The second-order valence-electron chi connectivity index (χ2n) is 3.02. The fraction of sp³-hybridized carbons (Fsp3) is 0.200. The van der Waals surface area contributed by atoms with Gasteiger partial charge in [0.25, 0.3) is 0 Å². The van der Waals surface area contributed by atoms with Crippen LogP contribution in [0.25, 0.3) is 0 Å². The Kier molecular flexibility index (Phi) is 3.44. The van der Waals surface area contributed by atoms with Crippen LogP contribution in [0.2, 0.25) is 0 Å². The molecule has 5 nitrogen and oxygen atoms in total. The van der Waals surface area contributed by atoms with Gasteiger partial charge in [0, 0.05) is 13.0 Å². The highest BCUT2D eigenvalue weighted by Crippen LogP contribution is 2.26. The number of rotatable bonds is 3. The van der Waals surface area contributed by atoms with Gasteiger partial charge in [0.1, 0.15) is 17.1 Å². The number of carboxylic acids is 1. The first-order chi connectivity index (χ1) is 7.45. The van der Waals surface area contributed by atoms with Crippen LogP contribution in [0, 0.1) is 5.82 Å². The zero-order valence-corrected chi connectivity index (χ0v) is 8.70. The van der Waals surface area contributed by atoms with E-state index in [0.717, 1.165) is 12.1 Å². The number of amides is 1. The molecule has 0 radical (unpaired) electrons. The second kappa shape index (κ2) is 4.61. The van der Waals surface area contributed by atoms with E-state index in [1.165, 1.54) is 14.0 Å². The zero-order valence-electron chi connectivity index (χ0n) is 8.70. The van der Waals surface area contributed by atoms with Crippen molar-refractivity contribution in [1.82, 2.24) is 0 Å². The summed E-state index contributed by atoms with van der Waals surface area (Å²) in [6, 6.07) is 1.92. The minimum atomic E-state index is -1.26. The van der Waals surface area contributed by atoms with Gasteiger partial charge < -0.3 is 15.2 Å². The van der Waals surface area contributed by atoms with Crippen LogP contribution in [-0.4, -0.2) is 24.1 Å². The number of anilines is 1. The van der Waals surface area contributed by atoms with Crippen molar-refractivity contribution in [2.75, 3.05) is 12.4 Å². The van der Waals surface area contributed by atoms with Crippen LogP contribution >= 0.6 is 0 Å². The molecule has 1 rings (SSSR count). The van der Waals surface area contributed by atoms with Crippen LogP contribution in [0.15, 0.2) is 12.1 Å². The predicted octanol–water partition coefficient (Wildman–Crippen LogP) is 1.49. The fourth-order valence-electron chi connectivity index (χ4n) is 1.18. The van der Waals surface area contributed by atoms with Crippen LogP contribution in [0.3, 0.4) is 0 Å². The molecular weight excluding hydrogens is 217 g/mol. The van der Waals surface area contributed by atoms with Crippen molar-refractivity contribution in [2.24, 2.45) is 0 Å². The molecule has 0 aromatic heterocycles. The molecule has 86 valence electrons. The standard InChI is InChI=1S/C10H10FNO4/c1-5(13)12-8-3-6(10(14)15)9(16-2)4-7(8)11/h3-4H,1-2H3,(H,12,13)(H,14,15). The van der Waals surface area contributed by atoms with Crippen molar-refractivity contribution in [3.05, 3.63) is 23.5 Å². The third-order valence-corrected chi connectivity index (χ3v) is 1.83. The summed E-state index contributed by atoms with van der Waals surface area (Å²) in [5, 5.41) is 11.0. The van der Waals surface area contributed by atoms with Crippen LogP contribution in [0.5, 0.6) is 5.75 Å². The predicted molar refractivity (Wildman–Crippen MR) is 54.2 cm³/mol. The van der Waals surface area contributed by atoms with Gasteiger partial charge in [0.2, 0.25) is 5.91 Å². The highest BCUT2D eigenvalue weighted by Gasteiger charge is 2.16. The van der Waals surface area contributed by atoms with Gasteiger partial charge in [-0.25, -0.2) is 9.18 Å². The van der Waals surface area contributed by atoms with E-state index >= 15 is 0 Å². The Bertz CT molecular complexity index is 445. The van der Waals surface area contributed by atoms with E-state index in [0.29, 0.717) is 0 Å². The molecule has 0 saturated heterocycles. The van der Waals surface area contributed by atoms with E-state index in [1.54, 1.807) is 0 Å². The lowest BCUT2D eigenvalue weighted by Crippen LogP contribution is -2.10. The van der Waals surface area contributed by atoms with Crippen molar-refractivity contribution in [2.45, 2.75) is 6.92 Å². The Hall–Kier alpha value is -2.11. The van der Waals surface area contributed by atoms with Gasteiger partial charge in [0.15, 0.2) is 0 Å². The highest BCUT2D eigenvalue weighted by molar-refractivity contribution is 5.95. The Morgan fingerprint density at radius 3 is 2.50 bits per heavy atom. The molecule has 2 N–H and O–H groups in total. The maximum atomic E-state index is 13.4. The largest absolute Gasteiger partial charge is 0.496 e. The van der Waals surface area contributed by atoms with Gasteiger partial charge in [-0.2, -0.15) is 0 Å². The molecule has 0 aliphatic rings. The average molecular weight is 227 g/mol. The van der Waals surface area contributed by atoms with Gasteiger partial charge in [0.05, 0.1) is 12.8 Å². The summed E-state index contributed by atoms with van der Waals surface area (Å²) in [5.74, 6) is -2.60. The van der Waals surface area contributed by atoms with E-state index in [-0.39, 0.29) is 17.0 Å². The molecule has 0 heterocycles. The lowest BCUT2D eigenvalue weighted by Gasteiger charge is -2.09. The average Bonchev–Trinajstić information content (AvgIpc) is 2.19. The molecule has 1 aromatic rings. The molecule has 16 heavy (non-hydrogen) atoms. The van der Waals surface area contributed by atoms with E-state index in [4.69, 9.17) is 9.84 Å². The van der Waals surface area contributed by atoms with Gasteiger partial charge in [-0.15, -0.1) is 0 Å². The first-order valence-electron chi connectivity index (χ1n) is 4.34. The molecule has 0 saturated carbocycles. The van der Waals surface area contributed by atoms with E-state index in [2.05, 4.69) is 5.32 Å². The van der Waals surface area contributed by atoms with Crippen molar-refractivity contribution in [3.63, 3.8) is 0 Å². The molecule has 1 amide bonds. The van der Waals surface area contributed by atoms with Crippen LogP contribution in [0.4, 0.5) is 10.1 Å². The molecule has 0 unspecified atom stereocenters. The lowest BCUT2D eigenvalue weighted by molar-refractivity contribution is -0.114. The molecular formula is C10H10FNO4. The normalized spacial score (nSPS) is 9.69. The number of nitrogens with one attached hydrogen (secondary N) is 1. The van der Waals surface area contributed by atoms with E-state index in [1.807, 2.05) is 0 Å². The third kappa shape index (κ3) is 2.47. The minimum Gasteiger partial charge on any atom is -0.496 e. The quantitative estimate of drug-likeness (QED) is 0.820. The maximum Gasteiger partial charge on any atom is 0.339 e. The monoisotopic (exact) mass is 227 g/mol. The number of aromatic carboxylic acids is 1. The van der Waals surface area contributed by atoms with Crippen molar-refractivity contribution in [1.29, 1.82) is 0 Å². The van der Waals surface area contributed by atoms with Crippen LogP contribution in [0.1, 0.15) is 17.3 Å². The molecule has 0 atom stereocenters. The van der Waals surface area contributed by atoms with Crippen LogP contribution < -0.4 is 10.1 Å². The zero-order chi connectivity index (χ0) is 12.3. The van der Waals surface area contributed by atoms with Crippen molar-refractivity contribution < 1.29 is 23.8 Å². The summed E-state index contributed by atoms with van der Waals surface area (Å²) in [5.41, 5.74) is -0.404. The summed E-state index contributed by atoms with van der Waals surface area (Å²) in [7, 11) is 1.24. The number of hydrogen-bond acceptors (Lipinski definition) is 3. The molecule has 0 spiro atoms. The van der Waals surface area contributed by atoms with E-state index < -0.39 is 17.7 Å². The summed E-state index contributed by atoms with van der Waals surface area (Å²) in [6.45, 7) is 1.20. The number of carbonyl (C=O) groups excluding carboxylic acids is 1. The number of methoxy groups -OCH3 is 1. The Balaban J connectivity index is 3.27. The third-order valence-electron chi connectivity index (χ3n) is 1.83. The molecule has 0 aliphatic heterocycles. The van der Waals surface area contributed by atoms with Gasteiger partial charge >= 0.3 is 5.97 Å². The molecule has 0 bridgehead atoms. The summed E-state index contributed by atoms with van der Waals surface area (Å²) in [6.07, 6.45) is 0. The fourth-order valence-corrected chi connectivity index (χ4v) is 1.18. The number of ether oxygens (including phenoxy) is 1. The van der Waals surface area contributed by atoms with Gasteiger partial charge in [-0.1, -0.05) is 0 Å². The maximum absolute atomic E-state index is 13.4. The Morgan fingerprint density at radius 1 is 1.44 bits per heavy atom. The number of benzene rings is 1. The first-order valence-corrected chi connectivity index (χ1v) is 4.34. The molecule has 0 aliphatic carbocycles. The van der Waals surface area contributed by atoms with Gasteiger partial charge in [-0.3, -0.25) is 4.79 Å². The van der Waals surface area contributed by atoms with Crippen molar-refractivity contribution >= 4 is 17.6 Å². The molecule has 1 aromatic carbocycles. The minimum absolute atomic E-state index is 0.0981. The topological polar surface area (TPSA) is 75.6 Å². The summed E-state index contributed by atoms with van der Waals surface area (Å²) in [4.78, 5) is 21.6. The molecule has 0 fully saturated rings. The lowest BCUT2D eigenvalue weighted by atomic mass is 10.1. The number of carbonyl (C=O) groups is 2. The summed E-state index contributed by atoms with van der Waals surface area (Å²) < 4.78 is 18.1. The SMILES string of the molecule is COc1cc(F)c(NC(C)=O)cc1C(=O)O. The Morgan fingerprint density at radius 2 is 2.06 bits per heavy atom. The number of hydrogen-bond donors (Lipinski definition) is 2. The van der Waals surface area contributed by atoms with Gasteiger partial charge in [-0.05, 0) is 6.07 Å². The first kappa shape index (κ1) is 12.0. The summed E-state index contributed by atoms with van der Waals surface area (Å²) >= 11 is 0. The van der Waals surface area contributed by atoms with Crippen molar-refractivity contribution in [3.8, 4) is 5.75 Å². The number of carboxylic acid groups (broad SMARTS) is 1. The molecule has 6 heteroatoms.